The van der Waals surface area contributed by atoms with Crippen molar-refractivity contribution in [2.24, 2.45) is 5.92 Å². The van der Waals surface area contributed by atoms with Crippen molar-refractivity contribution in [2.45, 2.75) is 32.1 Å². The number of H-pyrrole nitrogens is 1. The van der Waals surface area contributed by atoms with Crippen molar-refractivity contribution in [3.63, 3.8) is 0 Å². The molecule has 3 N–H and O–H groups in total. The third-order valence-corrected chi connectivity index (χ3v) is 5.84. The Bertz CT molecular complexity index is 1230. The first kappa shape index (κ1) is 23.3. The van der Waals surface area contributed by atoms with Crippen molar-refractivity contribution < 1.29 is 18.7 Å². The summed E-state index contributed by atoms with van der Waals surface area (Å²) in [5, 5.41) is 19.5. The highest BCUT2D eigenvalue weighted by atomic mass is 19.1. The maximum absolute atomic E-state index is 13.1. The largest absolute Gasteiger partial charge is 0.503 e. The van der Waals surface area contributed by atoms with Crippen molar-refractivity contribution in [3.05, 3.63) is 72.3 Å². The number of benzene rings is 1. The van der Waals surface area contributed by atoms with Gasteiger partial charge < -0.3 is 10.4 Å². The van der Waals surface area contributed by atoms with Crippen LogP contribution in [0.4, 0.5) is 8.78 Å². The lowest BCUT2D eigenvalue weighted by Crippen LogP contribution is -2.30. The second-order valence-corrected chi connectivity index (χ2v) is 8.27. The summed E-state index contributed by atoms with van der Waals surface area (Å²) in [5.74, 6) is -3.36. The molecule has 1 saturated carbocycles. The van der Waals surface area contributed by atoms with Crippen LogP contribution in [0.15, 0.2) is 55.1 Å². The van der Waals surface area contributed by atoms with Crippen molar-refractivity contribution >= 4 is 16.8 Å². The van der Waals surface area contributed by atoms with Crippen molar-refractivity contribution in [3.8, 4) is 17.0 Å². The molecule has 0 atom stereocenters. The van der Waals surface area contributed by atoms with Gasteiger partial charge in [-0.05, 0) is 49.1 Å². The molecule has 7 nitrogen and oxygen atoms in total. The van der Waals surface area contributed by atoms with E-state index in [0.717, 1.165) is 47.1 Å². The number of carbonyl (C=O) groups is 1. The van der Waals surface area contributed by atoms with Crippen LogP contribution in [0.25, 0.3) is 22.2 Å². The number of fused-ring (bicyclic) bond motifs is 1. The number of aromatic nitrogens is 4. The zero-order valence-electron chi connectivity index (χ0n) is 18.5. The number of carbonyl (C=O) groups excluding carboxylic acids is 1. The molecule has 34 heavy (non-hydrogen) atoms. The lowest BCUT2D eigenvalue weighted by atomic mass is 9.89. The number of aromatic amines is 1. The van der Waals surface area contributed by atoms with Gasteiger partial charge in [0.05, 0.1) is 17.4 Å². The van der Waals surface area contributed by atoms with E-state index in [0.29, 0.717) is 12.5 Å². The van der Waals surface area contributed by atoms with E-state index < -0.39 is 23.3 Å². The number of nitrogens with one attached hydrogen (secondary N) is 2. The molecule has 0 saturated heterocycles. The first-order valence-corrected chi connectivity index (χ1v) is 11.2. The molecule has 3 heterocycles. The predicted octanol–water partition coefficient (Wildman–Crippen LogP) is 5.00. The number of phenolic OH excluding ortho intramolecular Hbond substituents is 1. The number of aromatic hydroxyl groups is 1. The SMILES string of the molecule is O=C(NCC1CCCCC1)c1cc(F)c(O)c(F)c1.c1cncc(-c2cc3[nH]ncc3cn2)c1. The Kier molecular flexibility index (Phi) is 7.41. The van der Waals surface area contributed by atoms with Crippen LogP contribution in [0.1, 0.15) is 42.5 Å². The molecule has 0 aliphatic heterocycles. The molecule has 176 valence electrons. The van der Waals surface area contributed by atoms with E-state index in [1.807, 2.05) is 18.2 Å². The Hall–Kier alpha value is -3.88. The van der Waals surface area contributed by atoms with Gasteiger partial charge in [-0.1, -0.05) is 19.3 Å². The minimum absolute atomic E-state index is 0.108. The second kappa shape index (κ2) is 10.8. The maximum atomic E-state index is 13.1. The van der Waals surface area contributed by atoms with Crippen LogP contribution >= 0.6 is 0 Å². The van der Waals surface area contributed by atoms with Gasteiger partial charge in [0.1, 0.15) is 0 Å². The number of hydrogen-bond donors (Lipinski definition) is 3. The molecule has 4 aromatic rings. The standard InChI is InChI=1S/C14H17F2NO2.C11H8N4/c15-11-6-10(7-12(16)13(11)18)14(19)17-8-9-4-2-1-3-5-9;1-2-8(5-12-3-1)10-4-11-9(6-13-10)7-14-15-11/h6-7,9,18H,1-5,8H2,(H,17,19);1-7H,(H,14,15). The number of halogens is 2. The highest BCUT2D eigenvalue weighted by Crippen LogP contribution is 2.24. The number of hydrogen-bond acceptors (Lipinski definition) is 5. The van der Waals surface area contributed by atoms with Gasteiger partial charge in [0.25, 0.3) is 5.91 Å². The Morgan fingerprint density at radius 3 is 2.56 bits per heavy atom. The molecule has 0 unspecified atom stereocenters. The monoisotopic (exact) mass is 465 g/mol. The maximum Gasteiger partial charge on any atom is 0.251 e. The van der Waals surface area contributed by atoms with Gasteiger partial charge in [-0.25, -0.2) is 8.78 Å². The average Bonchev–Trinajstić information content (AvgIpc) is 3.35. The molecule has 1 aliphatic carbocycles. The Labute approximate surface area is 195 Å². The third kappa shape index (κ3) is 5.72. The van der Waals surface area contributed by atoms with Gasteiger partial charge in [-0.2, -0.15) is 5.10 Å². The van der Waals surface area contributed by atoms with Gasteiger partial charge in [0.15, 0.2) is 17.4 Å². The summed E-state index contributed by atoms with van der Waals surface area (Å²) in [6.45, 7) is 0.531. The van der Waals surface area contributed by atoms with Crippen LogP contribution in [-0.2, 0) is 0 Å². The zero-order valence-corrected chi connectivity index (χ0v) is 18.5. The number of amides is 1. The summed E-state index contributed by atoms with van der Waals surface area (Å²) in [5.41, 5.74) is 2.79. The van der Waals surface area contributed by atoms with Crippen LogP contribution in [0.5, 0.6) is 5.75 Å². The van der Waals surface area contributed by atoms with E-state index in [4.69, 9.17) is 5.11 Å². The second-order valence-electron chi connectivity index (χ2n) is 8.27. The van der Waals surface area contributed by atoms with E-state index in [1.165, 1.54) is 19.3 Å². The summed E-state index contributed by atoms with van der Waals surface area (Å²) >= 11 is 0. The fraction of sp³-hybridized carbons (Fsp3) is 0.280. The molecule has 0 bridgehead atoms. The van der Waals surface area contributed by atoms with E-state index >= 15 is 0 Å². The molecule has 0 radical (unpaired) electrons. The minimum Gasteiger partial charge on any atom is -0.503 e. The van der Waals surface area contributed by atoms with E-state index in [1.54, 1.807) is 24.8 Å². The highest BCUT2D eigenvalue weighted by molar-refractivity contribution is 5.94. The van der Waals surface area contributed by atoms with Gasteiger partial charge in [0, 0.05) is 41.6 Å². The Morgan fingerprint density at radius 1 is 1.09 bits per heavy atom. The summed E-state index contributed by atoms with van der Waals surface area (Å²) in [6.07, 6.45) is 12.8. The van der Waals surface area contributed by atoms with Crippen LogP contribution in [0.3, 0.4) is 0 Å². The molecule has 1 aliphatic rings. The molecular weight excluding hydrogens is 440 g/mol. The van der Waals surface area contributed by atoms with Crippen LogP contribution in [0, 0.1) is 17.6 Å². The van der Waals surface area contributed by atoms with Crippen LogP contribution < -0.4 is 5.32 Å². The first-order chi connectivity index (χ1) is 16.5. The van der Waals surface area contributed by atoms with Crippen molar-refractivity contribution in [2.75, 3.05) is 6.54 Å². The summed E-state index contributed by atoms with van der Waals surface area (Å²) < 4.78 is 26.3. The van der Waals surface area contributed by atoms with Crippen LogP contribution in [0.2, 0.25) is 0 Å². The fourth-order valence-corrected chi connectivity index (χ4v) is 3.94. The van der Waals surface area contributed by atoms with E-state index in [-0.39, 0.29) is 5.56 Å². The molecule has 0 spiro atoms. The summed E-state index contributed by atoms with van der Waals surface area (Å²) in [6, 6.07) is 7.54. The summed E-state index contributed by atoms with van der Waals surface area (Å²) in [4.78, 5) is 20.2. The lowest BCUT2D eigenvalue weighted by molar-refractivity contribution is 0.0942. The number of rotatable bonds is 4. The predicted molar refractivity (Wildman–Crippen MR) is 124 cm³/mol. The number of phenols is 1. The van der Waals surface area contributed by atoms with Crippen molar-refractivity contribution in [1.29, 1.82) is 0 Å². The minimum atomic E-state index is -1.12. The fourth-order valence-electron chi connectivity index (χ4n) is 3.94. The zero-order chi connectivity index (χ0) is 23.9. The number of nitrogens with zero attached hydrogens (tertiary/aromatic N) is 3. The molecule has 1 fully saturated rings. The smallest absolute Gasteiger partial charge is 0.251 e. The third-order valence-electron chi connectivity index (χ3n) is 5.84. The summed E-state index contributed by atoms with van der Waals surface area (Å²) in [7, 11) is 0. The number of pyridine rings is 2. The highest BCUT2D eigenvalue weighted by Gasteiger charge is 2.17. The molecular formula is C25H25F2N5O2. The quantitative estimate of drug-likeness (QED) is 0.394. The Morgan fingerprint density at radius 2 is 1.85 bits per heavy atom. The van der Waals surface area contributed by atoms with Gasteiger partial charge in [-0.15, -0.1) is 0 Å². The van der Waals surface area contributed by atoms with E-state index in [2.05, 4.69) is 25.5 Å². The molecule has 9 heteroatoms. The average molecular weight is 466 g/mol. The molecule has 5 rings (SSSR count). The van der Waals surface area contributed by atoms with E-state index in [9.17, 15) is 13.6 Å². The van der Waals surface area contributed by atoms with Crippen LogP contribution in [-0.4, -0.2) is 37.7 Å². The first-order valence-electron chi connectivity index (χ1n) is 11.2. The normalized spacial score (nSPS) is 13.8. The Balaban J connectivity index is 0.000000165. The molecule has 1 aromatic carbocycles. The van der Waals surface area contributed by atoms with Gasteiger partial charge >= 0.3 is 0 Å². The van der Waals surface area contributed by atoms with Crippen molar-refractivity contribution in [1.82, 2.24) is 25.5 Å². The topological polar surface area (TPSA) is 104 Å². The lowest BCUT2D eigenvalue weighted by Gasteiger charge is -2.21. The molecule has 3 aromatic heterocycles. The van der Waals surface area contributed by atoms with Gasteiger partial charge in [0.2, 0.25) is 0 Å². The molecule has 1 amide bonds. The van der Waals surface area contributed by atoms with Gasteiger partial charge in [-0.3, -0.25) is 19.9 Å².